The summed E-state index contributed by atoms with van der Waals surface area (Å²) in [5.74, 6) is -2.11. The maximum Gasteiger partial charge on any atom is 0.313 e. The Hall–Kier alpha value is -3.62. The topological polar surface area (TPSA) is 106 Å². The highest BCUT2D eigenvalue weighted by Crippen LogP contribution is 2.28. The molecular weight excluding hydrogens is 357 g/mol. The number of carbonyl (C=O) groups is 3. The number of nitrogens with one attached hydrogen (secondary N) is 3. The van der Waals surface area contributed by atoms with Crippen molar-refractivity contribution in [2.75, 3.05) is 31.4 Å². The van der Waals surface area contributed by atoms with Crippen LogP contribution in [0.4, 0.5) is 15.8 Å². The predicted octanol–water partition coefficient (Wildman–Crippen LogP) is 1.54. The van der Waals surface area contributed by atoms with E-state index in [0.29, 0.717) is 17.2 Å². The molecule has 3 amide bonds. The molecular formula is C18H18FN3O5. The molecule has 2 aromatic carbocycles. The Labute approximate surface area is 154 Å². The van der Waals surface area contributed by atoms with E-state index in [1.807, 2.05) is 0 Å². The number of methoxy groups -OCH3 is 2. The van der Waals surface area contributed by atoms with Crippen LogP contribution in [0.1, 0.15) is 0 Å². The Morgan fingerprint density at radius 2 is 1.63 bits per heavy atom. The molecule has 0 spiro atoms. The number of rotatable bonds is 6. The summed E-state index contributed by atoms with van der Waals surface area (Å²) in [4.78, 5) is 35.5. The van der Waals surface area contributed by atoms with Gasteiger partial charge in [0.25, 0.3) is 0 Å². The number of anilines is 2. The van der Waals surface area contributed by atoms with Crippen LogP contribution in [-0.2, 0) is 14.4 Å². The first kappa shape index (κ1) is 19.7. The summed E-state index contributed by atoms with van der Waals surface area (Å²) in [7, 11) is 2.92. The minimum atomic E-state index is -1.01. The molecule has 0 fully saturated rings. The molecule has 0 atom stereocenters. The van der Waals surface area contributed by atoms with Gasteiger partial charge in [0.15, 0.2) is 0 Å². The lowest BCUT2D eigenvalue weighted by Crippen LogP contribution is -2.39. The molecule has 0 aromatic heterocycles. The largest absolute Gasteiger partial charge is 0.497 e. The van der Waals surface area contributed by atoms with Crippen LogP contribution >= 0.6 is 0 Å². The van der Waals surface area contributed by atoms with E-state index < -0.39 is 30.1 Å². The predicted molar refractivity (Wildman–Crippen MR) is 96.2 cm³/mol. The van der Waals surface area contributed by atoms with Crippen LogP contribution in [0, 0.1) is 5.82 Å². The maximum atomic E-state index is 12.8. The normalized spacial score (nSPS) is 9.89. The van der Waals surface area contributed by atoms with Crippen LogP contribution in [0.5, 0.6) is 11.5 Å². The molecule has 0 heterocycles. The highest BCUT2D eigenvalue weighted by Gasteiger charge is 2.16. The molecule has 142 valence electrons. The van der Waals surface area contributed by atoms with Gasteiger partial charge in [-0.3, -0.25) is 14.4 Å². The molecule has 0 radical (unpaired) electrons. The van der Waals surface area contributed by atoms with Crippen molar-refractivity contribution >= 4 is 29.1 Å². The van der Waals surface area contributed by atoms with E-state index in [1.54, 1.807) is 18.2 Å². The van der Waals surface area contributed by atoms with Gasteiger partial charge in [0.2, 0.25) is 5.91 Å². The van der Waals surface area contributed by atoms with Crippen LogP contribution < -0.4 is 25.4 Å². The molecule has 0 bridgehead atoms. The highest BCUT2D eigenvalue weighted by molar-refractivity contribution is 6.39. The molecule has 0 saturated heterocycles. The van der Waals surface area contributed by atoms with Crippen molar-refractivity contribution in [2.45, 2.75) is 0 Å². The maximum absolute atomic E-state index is 12.8. The van der Waals surface area contributed by atoms with E-state index in [4.69, 9.17) is 9.47 Å². The van der Waals surface area contributed by atoms with Crippen LogP contribution in [-0.4, -0.2) is 38.5 Å². The van der Waals surface area contributed by atoms with Crippen LogP contribution in [0.2, 0.25) is 0 Å². The lowest BCUT2D eigenvalue weighted by atomic mass is 10.2. The third-order valence-corrected chi connectivity index (χ3v) is 3.40. The molecule has 3 N–H and O–H groups in total. The van der Waals surface area contributed by atoms with Crippen LogP contribution in [0.25, 0.3) is 0 Å². The third kappa shape index (κ3) is 5.70. The molecule has 8 nitrogen and oxygen atoms in total. The average molecular weight is 375 g/mol. The molecule has 0 aliphatic rings. The summed E-state index contributed by atoms with van der Waals surface area (Å²) >= 11 is 0. The summed E-state index contributed by atoms with van der Waals surface area (Å²) in [5, 5.41) is 7.04. The van der Waals surface area contributed by atoms with Gasteiger partial charge in [-0.2, -0.15) is 0 Å². The van der Waals surface area contributed by atoms with Crippen molar-refractivity contribution in [1.82, 2.24) is 5.32 Å². The Morgan fingerprint density at radius 3 is 2.26 bits per heavy atom. The standard InChI is InChI=1S/C18H18FN3O5/c1-26-13-7-8-15(27-2)14(9-13)22-16(23)10-20-17(24)18(25)21-12-5-3-11(19)4-6-12/h3-9H,10H2,1-2H3,(H,20,24)(H,21,25)(H,22,23). The van der Waals surface area contributed by atoms with Gasteiger partial charge < -0.3 is 25.4 Å². The van der Waals surface area contributed by atoms with E-state index in [-0.39, 0.29) is 5.69 Å². The molecule has 0 aliphatic carbocycles. The summed E-state index contributed by atoms with van der Waals surface area (Å²) in [6.07, 6.45) is 0. The van der Waals surface area contributed by atoms with E-state index in [2.05, 4.69) is 16.0 Å². The van der Waals surface area contributed by atoms with Crippen molar-refractivity contribution in [2.24, 2.45) is 0 Å². The number of ether oxygens (including phenoxy) is 2. The quantitative estimate of drug-likeness (QED) is 0.664. The first-order valence-electron chi connectivity index (χ1n) is 7.79. The van der Waals surface area contributed by atoms with Crippen molar-refractivity contribution < 1.29 is 28.2 Å². The average Bonchev–Trinajstić information content (AvgIpc) is 2.67. The fourth-order valence-corrected chi connectivity index (χ4v) is 2.07. The van der Waals surface area contributed by atoms with Crippen molar-refractivity contribution in [1.29, 1.82) is 0 Å². The fraction of sp³-hybridized carbons (Fsp3) is 0.167. The number of hydrogen-bond acceptors (Lipinski definition) is 5. The Kier molecular flexibility index (Phi) is 6.70. The van der Waals surface area contributed by atoms with Crippen molar-refractivity contribution in [3.05, 3.63) is 48.3 Å². The molecule has 2 rings (SSSR count). The van der Waals surface area contributed by atoms with Gasteiger partial charge in [-0.15, -0.1) is 0 Å². The fourth-order valence-electron chi connectivity index (χ4n) is 2.07. The number of halogens is 1. The highest BCUT2D eigenvalue weighted by atomic mass is 19.1. The minimum Gasteiger partial charge on any atom is -0.497 e. The van der Waals surface area contributed by atoms with Crippen molar-refractivity contribution in [3.63, 3.8) is 0 Å². The Morgan fingerprint density at radius 1 is 0.926 bits per heavy atom. The Bertz CT molecular complexity index is 839. The van der Waals surface area contributed by atoms with E-state index in [9.17, 15) is 18.8 Å². The first-order valence-corrected chi connectivity index (χ1v) is 7.79. The number of hydrogen-bond donors (Lipinski definition) is 3. The number of carbonyl (C=O) groups excluding carboxylic acids is 3. The van der Waals surface area contributed by atoms with Gasteiger partial charge >= 0.3 is 11.8 Å². The summed E-state index contributed by atoms with van der Waals surface area (Å²) in [6, 6.07) is 9.73. The SMILES string of the molecule is COc1ccc(OC)c(NC(=O)CNC(=O)C(=O)Nc2ccc(F)cc2)c1. The van der Waals surface area contributed by atoms with Gasteiger partial charge in [-0.25, -0.2) is 4.39 Å². The number of benzene rings is 2. The van der Waals surface area contributed by atoms with Crippen LogP contribution in [0.3, 0.4) is 0 Å². The zero-order chi connectivity index (χ0) is 19.8. The van der Waals surface area contributed by atoms with Gasteiger partial charge in [0.05, 0.1) is 26.5 Å². The molecule has 0 unspecified atom stereocenters. The number of amides is 3. The van der Waals surface area contributed by atoms with Crippen LogP contribution in [0.15, 0.2) is 42.5 Å². The molecule has 0 aliphatic heterocycles. The summed E-state index contributed by atoms with van der Waals surface area (Å²) < 4.78 is 23.0. The molecule has 27 heavy (non-hydrogen) atoms. The molecule has 2 aromatic rings. The third-order valence-electron chi connectivity index (χ3n) is 3.40. The second-order valence-electron chi connectivity index (χ2n) is 5.26. The second-order valence-corrected chi connectivity index (χ2v) is 5.26. The van der Waals surface area contributed by atoms with E-state index in [1.165, 1.54) is 26.4 Å². The van der Waals surface area contributed by atoms with Gasteiger partial charge in [0.1, 0.15) is 17.3 Å². The van der Waals surface area contributed by atoms with Gasteiger partial charge in [0, 0.05) is 11.8 Å². The van der Waals surface area contributed by atoms with E-state index >= 15 is 0 Å². The summed E-state index contributed by atoms with van der Waals surface area (Å²) in [6.45, 7) is -0.434. The van der Waals surface area contributed by atoms with Gasteiger partial charge in [-0.05, 0) is 36.4 Å². The molecule has 9 heteroatoms. The molecule has 0 saturated carbocycles. The zero-order valence-corrected chi connectivity index (χ0v) is 14.7. The monoisotopic (exact) mass is 375 g/mol. The first-order chi connectivity index (χ1) is 12.9. The van der Waals surface area contributed by atoms with E-state index in [0.717, 1.165) is 12.1 Å². The second kappa shape index (κ2) is 9.18. The zero-order valence-electron chi connectivity index (χ0n) is 14.7. The Balaban J connectivity index is 1.88. The lowest BCUT2D eigenvalue weighted by molar-refractivity contribution is -0.136. The lowest BCUT2D eigenvalue weighted by Gasteiger charge is -2.12. The van der Waals surface area contributed by atoms with Crippen molar-refractivity contribution in [3.8, 4) is 11.5 Å². The summed E-state index contributed by atoms with van der Waals surface area (Å²) in [5.41, 5.74) is 0.606. The minimum absolute atomic E-state index is 0.252. The smallest absolute Gasteiger partial charge is 0.313 e. The van der Waals surface area contributed by atoms with Gasteiger partial charge in [-0.1, -0.05) is 0 Å².